The molecule has 0 radical (unpaired) electrons. The van der Waals surface area contributed by atoms with E-state index in [1.54, 1.807) is 31.2 Å². The van der Waals surface area contributed by atoms with E-state index in [4.69, 9.17) is 4.52 Å². The van der Waals surface area contributed by atoms with E-state index in [1.807, 2.05) is 11.9 Å². The van der Waals surface area contributed by atoms with E-state index in [0.29, 0.717) is 29.7 Å². The van der Waals surface area contributed by atoms with Gasteiger partial charge in [-0.05, 0) is 38.6 Å². The fraction of sp³-hybridized carbons (Fsp3) is 0.346. The Labute approximate surface area is 211 Å². The van der Waals surface area contributed by atoms with Crippen LogP contribution in [0.3, 0.4) is 0 Å². The first-order valence-corrected chi connectivity index (χ1v) is 11.7. The molecule has 11 heteroatoms. The SMILES string of the molecule is C=C(c1nc(/C=C/CNC(=O)c2cc(C)no2)cc2c(N[C@@H]3CCN(C)C[C@@H]3F)cccc12)C(F)(F)F. The number of carbonyl (C=O) groups is 1. The predicted molar refractivity (Wildman–Crippen MR) is 134 cm³/mol. The Kier molecular flexibility index (Phi) is 7.63. The molecule has 196 valence electrons. The highest BCUT2D eigenvalue weighted by molar-refractivity contribution is 6.01. The number of fused-ring (bicyclic) bond motifs is 1. The standard InChI is InChI=1S/C26H27F4N5O2/c1-15-12-23(37-34-15)25(36)31-10-5-6-17-13-19-18(24(32-17)16(2)26(28,29)30)7-4-8-21(19)33-22-9-11-35(3)14-20(22)27/h4-8,12-13,20,22,33H,2,9-11,14H2,1,3H3,(H,31,36)/b6-5+/t20-,22+/m0/s1. The number of nitrogens with zero attached hydrogens (tertiary/aromatic N) is 3. The zero-order valence-corrected chi connectivity index (χ0v) is 20.4. The number of likely N-dealkylation sites (tertiary alicyclic amines) is 1. The molecule has 0 aliphatic carbocycles. The molecule has 0 saturated carbocycles. The van der Waals surface area contributed by atoms with Crippen molar-refractivity contribution in [1.82, 2.24) is 20.4 Å². The molecule has 7 nitrogen and oxygen atoms in total. The molecular weight excluding hydrogens is 490 g/mol. The van der Waals surface area contributed by atoms with Crippen LogP contribution in [-0.2, 0) is 0 Å². The Morgan fingerprint density at radius 1 is 1.30 bits per heavy atom. The number of aryl methyl sites for hydroxylation is 1. The van der Waals surface area contributed by atoms with Crippen molar-refractivity contribution in [2.75, 3.05) is 32.0 Å². The van der Waals surface area contributed by atoms with Crippen LogP contribution in [0.1, 0.15) is 34.1 Å². The van der Waals surface area contributed by atoms with Crippen molar-refractivity contribution in [3.63, 3.8) is 0 Å². The summed E-state index contributed by atoms with van der Waals surface area (Å²) in [6, 6.07) is 7.50. The zero-order chi connectivity index (χ0) is 26.7. The molecule has 0 unspecified atom stereocenters. The highest BCUT2D eigenvalue weighted by Crippen LogP contribution is 2.37. The molecule has 2 aromatic heterocycles. The summed E-state index contributed by atoms with van der Waals surface area (Å²) in [5, 5.41) is 10.2. The number of anilines is 1. The van der Waals surface area contributed by atoms with E-state index in [-0.39, 0.29) is 35.6 Å². The molecule has 2 N–H and O–H groups in total. The maximum Gasteiger partial charge on any atom is 0.417 e. The molecule has 0 bridgehead atoms. The van der Waals surface area contributed by atoms with Gasteiger partial charge in [-0.25, -0.2) is 9.37 Å². The van der Waals surface area contributed by atoms with Gasteiger partial charge in [0.15, 0.2) is 0 Å². The minimum atomic E-state index is -4.69. The lowest BCUT2D eigenvalue weighted by Gasteiger charge is -2.33. The number of benzene rings is 1. The molecule has 0 spiro atoms. The van der Waals surface area contributed by atoms with E-state index in [9.17, 15) is 22.4 Å². The van der Waals surface area contributed by atoms with Crippen LogP contribution < -0.4 is 10.6 Å². The van der Waals surface area contributed by atoms with Crippen molar-refractivity contribution in [2.45, 2.75) is 31.7 Å². The van der Waals surface area contributed by atoms with Crippen LogP contribution in [0.15, 0.2) is 47.5 Å². The lowest BCUT2D eigenvalue weighted by Crippen LogP contribution is -2.46. The van der Waals surface area contributed by atoms with Crippen LogP contribution in [0.2, 0.25) is 0 Å². The van der Waals surface area contributed by atoms with Gasteiger partial charge in [0.25, 0.3) is 5.91 Å². The molecule has 1 aliphatic heterocycles. The second-order valence-corrected chi connectivity index (χ2v) is 9.04. The normalized spacial score (nSPS) is 18.9. The zero-order valence-electron chi connectivity index (χ0n) is 20.4. The third-order valence-electron chi connectivity index (χ3n) is 6.13. The van der Waals surface area contributed by atoms with Crippen molar-refractivity contribution in [2.24, 2.45) is 0 Å². The van der Waals surface area contributed by atoms with Gasteiger partial charge in [-0.15, -0.1) is 0 Å². The van der Waals surface area contributed by atoms with Crippen LogP contribution in [-0.4, -0.2) is 66.0 Å². The van der Waals surface area contributed by atoms with Gasteiger partial charge in [0, 0.05) is 42.2 Å². The second-order valence-electron chi connectivity index (χ2n) is 9.04. The molecule has 3 aromatic rings. The van der Waals surface area contributed by atoms with E-state index in [0.717, 1.165) is 0 Å². The molecule has 4 rings (SSSR count). The first-order chi connectivity index (χ1) is 17.5. The van der Waals surface area contributed by atoms with E-state index < -0.39 is 29.9 Å². The molecule has 1 aliphatic rings. The summed E-state index contributed by atoms with van der Waals surface area (Å²) in [7, 11) is 1.84. The summed E-state index contributed by atoms with van der Waals surface area (Å²) in [6.45, 7) is 5.97. The number of allylic oxidation sites excluding steroid dienone is 1. The largest absolute Gasteiger partial charge is 0.417 e. The molecule has 1 amide bonds. The number of nitrogens with one attached hydrogen (secondary N) is 2. The summed E-state index contributed by atoms with van der Waals surface area (Å²) >= 11 is 0. The molecule has 37 heavy (non-hydrogen) atoms. The average molecular weight is 518 g/mol. The number of amides is 1. The first-order valence-electron chi connectivity index (χ1n) is 11.7. The van der Waals surface area contributed by atoms with Crippen molar-refractivity contribution in [3.8, 4) is 0 Å². The third-order valence-corrected chi connectivity index (χ3v) is 6.13. The van der Waals surface area contributed by atoms with E-state index in [1.165, 1.54) is 18.2 Å². The number of aromatic nitrogens is 2. The number of hydrogen-bond donors (Lipinski definition) is 2. The molecule has 1 fully saturated rings. The van der Waals surface area contributed by atoms with Crippen LogP contribution >= 0.6 is 0 Å². The lowest BCUT2D eigenvalue weighted by atomic mass is 9.99. The fourth-order valence-electron chi connectivity index (χ4n) is 4.18. The molecule has 1 aromatic carbocycles. The minimum Gasteiger partial charge on any atom is -0.379 e. The van der Waals surface area contributed by atoms with Crippen molar-refractivity contribution in [1.29, 1.82) is 0 Å². The number of hydrogen-bond acceptors (Lipinski definition) is 6. The van der Waals surface area contributed by atoms with Gasteiger partial charge in [0.2, 0.25) is 5.76 Å². The summed E-state index contributed by atoms with van der Waals surface area (Å²) in [5.41, 5.74) is -0.0949. The van der Waals surface area contributed by atoms with Gasteiger partial charge in [-0.3, -0.25) is 4.79 Å². The number of pyridine rings is 1. The van der Waals surface area contributed by atoms with Crippen molar-refractivity contribution >= 4 is 34.0 Å². The summed E-state index contributed by atoms with van der Waals surface area (Å²) in [5.74, 6) is -0.428. The maximum absolute atomic E-state index is 14.7. The molecule has 3 heterocycles. The number of piperidine rings is 1. The Hall–Kier alpha value is -3.73. The van der Waals surface area contributed by atoms with Crippen LogP contribution in [0.4, 0.5) is 23.2 Å². The average Bonchev–Trinajstić information content (AvgIpc) is 3.28. The Morgan fingerprint density at radius 2 is 2.08 bits per heavy atom. The van der Waals surface area contributed by atoms with E-state index >= 15 is 0 Å². The fourth-order valence-corrected chi connectivity index (χ4v) is 4.18. The summed E-state index contributed by atoms with van der Waals surface area (Å²) in [4.78, 5) is 18.2. The van der Waals surface area contributed by atoms with Crippen molar-refractivity contribution in [3.05, 3.63) is 65.8 Å². The Balaban J connectivity index is 1.63. The maximum atomic E-state index is 14.7. The van der Waals surface area contributed by atoms with Gasteiger partial charge >= 0.3 is 6.18 Å². The second kappa shape index (κ2) is 10.7. The van der Waals surface area contributed by atoms with Gasteiger partial charge in [-0.1, -0.05) is 29.9 Å². The van der Waals surface area contributed by atoms with Crippen LogP contribution in [0.25, 0.3) is 22.4 Å². The third kappa shape index (κ3) is 6.16. The number of carbonyl (C=O) groups excluding carboxylic acids is 1. The molecular formula is C26H27F4N5O2. The highest BCUT2D eigenvalue weighted by Gasteiger charge is 2.35. The quantitative estimate of drug-likeness (QED) is 0.429. The number of halogens is 4. The first kappa shape index (κ1) is 26.3. The molecule has 2 atom stereocenters. The summed E-state index contributed by atoms with van der Waals surface area (Å²) < 4.78 is 60.5. The molecule has 1 saturated heterocycles. The van der Waals surface area contributed by atoms with Gasteiger partial charge in [0.05, 0.1) is 28.7 Å². The van der Waals surface area contributed by atoms with Gasteiger partial charge in [0.1, 0.15) is 6.17 Å². The predicted octanol–water partition coefficient (Wildman–Crippen LogP) is 5.00. The highest BCUT2D eigenvalue weighted by atomic mass is 19.4. The topological polar surface area (TPSA) is 83.3 Å². The summed E-state index contributed by atoms with van der Waals surface area (Å²) in [6.07, 6.45) is -2.20. The minimum absolute atomic E-state index is 0.0503. The van der Waals surface area contributed by atoms with Crippen LogP contribution in [0.5, 0.6) is 0 Å². The van der Waals surface area contributed by atoms with Crippen LogP contribution in [0, 0.1) is 6.92 Å². The van der Waals surface area contributed by atoms with Gasteiger partial charge in [-0.2, -0.15) is 13.2 Å². The van der Waals surface area contributed by atoms with Gasteiger partial charge < -0.3 is 20.1 Å². The Morgan fingerprint density at radius 3 is 2.76 bits per heavy atom. The number of rotatable bonds is 7. The number of alkyl halides is 4. The van der Waals surface area contributed by atoms with Crippen molar-refractivity contribution < 1.29 is 26.9 Å². The monoisotopic (exact) mass is 517 g/mol. The van der Waals surface area contributed by atoms with E-state index in [2.05, 4.69) is 27.4 Å². The lowest BCUT2D eigenvalue weighted by molar-refractivity contribution is -0.0688. The smallest absolute Gasteiger partial charge is 0.379 e. The Bertz CT molecular complexity index is 1330.